The number of aryl methyl sites for hydroxylation is 1. The Hall–Kier alpha value is -3.06. The molecule has 1 aromatic carbocycles. The van der Waals surface area contributed by atoms with Crippen LogP contribution in [0.1, 0.15) is 0 Å². The maximum Gasteiger partial charge on any atom is 0.243 e. The van der Waals surface area contributed by atoms with Crippen LogP contribution in [-0.2, 0) is 21.7 Å². The molecule has 0 saturated carbocycles. The predicted octanol–water partition coefficient (Wildman–Crippen LogP) is 0.766. The van der Waals surface area contributed by atoms with Crippen LogP contribution in [0.5, 0.6) is 0 Å². The summed E-state index contributed by atoms with van der Waals surface area (Å²) in [6.07, 6.45) is 3.44. The second kappa shape index (κ2) is 7.27. The summed E-state index contributed by atoms with van der Waals surface area (Å²) in [6, 6.07) is 4.58. The molecule has 0 unspecified atom stereocenters. The predicted molar refractivity (Wildman–Crippen MR) is 117 cm³/mol. The van der Waals surface area contributed by atoms with Gasteiger partial charge in [0.1, 0.15) is 6.04 Å². The summed E-state index contributed by atoms with van der Waals surface area (Å²) in [5.74, 6) is -0.189. The molecule has 2 N–H and O–H groups in total. The molecule has 4 aromatic rings. The van der Waals surface area contributed by atoms with Gasteiger partial charge in [-0.25, -0.2) is 18.4 Å². The fourth-order valence-corrected chi connectivity index (χ4v) is 5.26. The van der Waals surface area contributed by atoms with Crippen molar-refractivity contribution in [2.24, 2.45) is 7.05 Å². The van der Waals surface area contributed by atoms with Gasteiger partial charge in [0.15, 0.2) is 21.3 Å². The van der Waals surface area contributed by atoms with Gasteiger partial charge in [-0.05, 0) is 28.1 Å². The third-order valence-electron chi connectivity index (χ3n) is 4.97. The molecular weight excluding hydrogens is 488 g/mol. The van der Waals surface area contributed by atoms with Gasteiger partial charge in [-0.2, -0.15) is 9.61 Å². The molecule has 1 fully saturated rings. The molecule has 31 heavy (non-hydrogen) atoms. The van der Waals surface area contributed by atoms with Gasteiger partial charge >= 0.3 is 0 Å². The van der Waals surface area contributed by atoms with E-state index in [-0.39, 0.29) is 24.0 Å². The van der Waals surface area contributed by atoms with Crippen LogP contribution in [0.2, 0.25) is 0 Å². The highest BCUT2D eigenvalue weighted by Gasteiger charge is 2.30. The summed E-state index contributed by atoms with van der Waals surface area (Å²) in [5.41, 5.74) is 1.85. The molecule has 0 spiro atoms. The number of hydrogen-bond donors (Lipinski definition) is 2. The number of benzene rings is 1. The van der Waals surface area contributed by atoms with E-state index in [9.17, 15) is 13.2 Å². The normalized spacial score (nSPS) is 18.8. The molecule has 3 aromatic heterocycles. The first-order valence-electron chi connectivity index (χ1n) is 9.39. The van der Waals surface area contributed by atoms with Crippen molar-refractivity contribution in [3.05, 3.63) is 35.1 Å². The van der Waals surface area contributed by atoms with E-state index in [1.807, 2.05) is 18.2 Å². The number of amides is 1. The molecule has 11 nitrogen and oxygen atoms in total. The minimum Gasteiger partial charge on any atom is -0.353 e. The summed E-state index contributed by atoms with van der Waals surface area (Å²) < 4.78 is 28.3. The van der Waals surface area contributed by atoms with Crippen molar-refractivity contribution >= 4 is 54.2 Å². The molecular formula is C18H17BrN8O3S. The van der Waals surface area contributed by atoms with E-state index in [0.29, 0.717) is 17.0 Å². The zero-order valence-corrected chi connectivity index (χ0v) is 18.7. The van der Waals surface area contributed by atoms with Crippen LogP contribution in [0, 0.1) is 0 Å². The number of anilines is 1. The van der Waals surface area contributed by atoms with E-state index < -0.39 is 21.8 Å². The van der Waals surface area contributed by atoms with Crippen LogP contribution in [0.4, 0.5) is 5.95 Å². The van der Waals surface area contributed by atoms with Crippen molar-refractivity contribution in [2.75, 3.05) is 23.4 Å². The zero-order valence-electron chi connectivity index (χ0n) is 16.3. The third kappa shape index (κ3) is 3.63. The zero-order chi connectivity index (χ0) is 21.8. The van der Waals surface area contributed by atoms with Gasteiger partial charge in [0.2, 0.25) is 11.9 Å². The lowest BCUT2D eigenvalue weighted by Gasteiger charge is -2.16. The van der Waals surface area contributed by atoms with E-state index in [0.717, 1.165) is 15.4 Å². The van der Waals surface area contributed by atoms with Crippen LogP contribution in [-0.4, -0.2) is 67.8 Å². The number of para-hydroxylation sites is 1. The SMILES string of the molecule is Cn1cc(-c2nc3c4cccc(Br)c4nc(N[C@H]4CS(=O)(=O)CCNC4=O)n3n2)cn1. The van der Waals surface area contributed by atoms with Crippen LogP contribution < -0.4 is 10.6 Å². The Morgan fingerprint density at radius 3 is 2.90 bits per heavy atom. The van der Waals surface area contributed by atoms with E-state index in [4.69, 9.17) is 0 Å². The lowest BCUT2D eigenvalue weighted by Crippen LogP contribution is -2.41. The number of rotatable bonds is 3. The first-order valence-corrected chi connectivity index (χ1v) is 12.0. The van der Waals surface area contributed by atoms with E-state index in [1.54, 1.807) is 24.1 Å². The minimum absolute atomic E-state index is 0.0833. The second-order valence-corrected chi connectivity index (χ2v) is 10.3. The highest BCUT2D eigenvalue weighted by Crippen LogP contribution is 2.28. The van der Waals surface area contributed by atoms with Crippen molar-refractivity contribution in [1.29, 1.82) is 0 Å². The average molecular weight is 505 g/mol. The molecule has 1 amide bonds. The molecule has 4 heterocycles. The highest BCUT2D eigenvalue weighted by atomic mass is 79.9. The number of hydrogen-bond acceptors (Lipinski definition) is 8. The van der Waals surface area contributed by atoms with Gasteiger partial charge in [0.25, 0.3) is 0 Å². The average Bonchev–Trinajstić information content (AvgIpc) is 3.31. The van der Waals surface area contributed by atoms with Crippen LogP contribution in [0.15, 0.2) is 35.1 Å². The van der Waals surface area contributed by atoms with Gasteiger partial charge in [-0.1, -0.05) is 6.07 Å². The molecule has 13 heteroatoms. The Morgan fingerprint density at radius 1 is 1.29 bits per heavy atom. The maximum atomic E-state index is 12.5. The standard InChI is InChI=1S/C18H17BrN8O3S/c1-26-8-10(7-21-26)15-24-16-11-3-2-4-12(19)14(11)23-18(27(16)25-15)22-13-9-31(29,30)6-5-20-17(13)28/h2-4,7-8,13H,5-6,9H2,1H3,(H,20,28)(H,22,23)/t13-/m0/s1. The lowest BCUT2D eigenvalue weighted by molar-refractivity contribution is -0.121. The monoisotopic (exact) mass is 504 g/mol. The van der Waals surface area contributed by atoms with Crippen molar-refractivity contribution in [3.63, 3.8) is 0 Å². The van der Waals surface area contributed by atoms with Gasteiger partial charge in [0.05, 0.1) is 28.8 Å². The largest absolute Gasteiger partial charge is 0.353 e. The van der Waals surface area contributed by atoms with Gasteiger partial charge in [-0.15, -0.1) is 5.10 Å². The summed E-state index contributed by atoms with van der Waals surface area (Å²) in [6.45, 7) is 0.0833. The molecule has 1 aliphatic heterocycles. The first kappa shape index (κ1) is 19.9. The fourth-order valence-electron chi connectivity index (χ4n) is 3.48. The minimum atomic E-state index is -3.40. The van der Waals surface area contributed by atoms with Crippen LogP contribution in [0.3, 0.4) is 0 Å². The summed E-state index contributed by atoms with van der Waals surface area (Å²) in [5, 5.41) is 15.1. The molecule has 0 bridgehead atoms. The van der Waals surface area contributed by atoms with E-state index in [1.165, 1.54) is 4.52 Å². The molecule has 1 saturated heterocycles. The van der Waals surface area contributed by atoms with Gasteiger partial charge < -0.3 is 10.6 Å². The van der Waals surface area contributed by atoms with Gasteiger partial charge in [0, 0.05) is 29.6 Å². The number of aromatic nitrogens is 6. The number of nitrogens with zero attached hydrogens (tertiary/aromatic N) is 6. The van der Waals surface area contributed by atoms with E-state index >= 15 is 0 Å². The molecule has 1 atom stereocenters. The van der Waals surface area contributed by atoms with Gasteiger partial charge in [-0.3, -0.25) is 9.48 Å². The smallest absolute Gasteiger partial charge is 0.243 e. The number of carbonyl (C=O) groups excluding carboxylic acids is 1. The van der Waals surface area contributed by atoms with Crippen molar-refractivity contribution in [2.45, 2.75) is 6.04 Å². The molecule has 1 aliphatic rings. The first-order chi connectivity index (χ1) is 14.8. The van der Waals surface area contributed by atoms with Crippen LogP contribution in [0.25, 0.3) is 27.9 Å². The highest BCUT2D eigenvalue weighted by molar-refractivity contribution is 9.10. The number of sulfone groups is 1. The van der Waals surface area contributed by atoms with Crippen molar-refractivity contribution in [1.82, 2.24) is 34.7 Å². The Morgan fingerprint density at radius 2 is 2.13 bits per heavy atom. The molecule has 0 radical (unpaired) electrons. The number of carbonyl (C=O) groups is 1. The molecule has 0 aliphatic carbocycles. The Balaban J connectivity index is 1.69. The Kier molecular flexibility index (Phi) is 4.66. The van der Waals surface area contributed by atoms with Crippen molar-refractivity contribution < 1.29 is 13.2 Å². The lowest BCUT2D eigenvalue weighted by atomic mass is 10.2. The third-order valence-corrected chi connectivity index (χ3v) is 7.28. The number of fused-ring (bicyclic) bond motifs is 3. The summed E-state index contributed by atoms with van der Waals surface area (Å²) in [7, 11) is -1.60. The second-order valence-electron chi connectivity index (χ2n) is 7.25. The Bertz CT molecular complexity index is 1450. The fraction of sp³-hybridized carbons (Fsp3) is 0.278. The quantitative estimate of drug-likeness (QED) is 0.417. The van der Waals surface area contributed by atoms with E-state index in [2.05, 4.69) is 46.7 Å². The number of nitrogens with one attached hydrogen (secondary N) is 2. The molecule has 5 rings (SSSR count). The van der Waals surface area contributed by atoms with Crippen LogP contribution >= 0.6 is 15.9 Å². The van der Waals surface area contributed by atoms with Crippen molar-refractivity contribution in [3.8, 4) is 11.4 Å². The summed E-state index contributed by atoms with van der Waals surface area (Å²) in [4.78, 5) is 21.8. The molecule has 160 valence electrons. The maximum absolute atomic E-state index is 12.5. The Labute approximate surface area is 184 Å². The summed E-state index contributed by atoms with van der Waals surface area (Å²) >= 11 is 3.50. The number of halogens is 1. The topological polar surface area (TPSA) is 136 Å².